The van der Waals surface area contributed by atoms with Crippen LogP contribution in [0.4, 0.5) is 23.2 Å². The molecule has 0 saturated heterocycles. The molecule has 0 bridgehead atoms. The van der Waals surface area contributed by atoms with Gasteiger partial charge >= 0.3 is 6.18 Å². The summed E-state index contributed by atoms with van der Waals surface area (Å²) in [5.41, 5.74) is -1.84. The van der Waals surface area contributed by atoms with Crippen molar-refractivity contribution in [1.82, 2.24) is 4.57 Å². The van der Waals surface area contributed by atoms with Gasteiger partial charge in [0.15, 0.2) is 11.5 Å². The molecular formula is C21H16F4N2O4. The number of anilines is 1. The van der Waals surface area contributed by atoms with Crippen LogP contribution in [0, 0.1) is 5.82 Å². The van der Waals surface area contributed by atoms with E-state index in [1.807, 2.05) is 0 Å². The summed E-state index contributed by atoms with van der Waals surface area (Å²) in [6.45, 7) is 0. The van der Waals surface area contributed by atoms with Gasteiger partial charge in [-0.2, -0.15) is 13.2 Å². The standard InChI is InChI=1S/C21H16F4N2O4/c1-27-8-7-14(11-19(27)28)26-20(29)15-9-12(21(23,24)25)3-5-16(15)31-17-6-4-13(22)10-18(17)30-2/h3-11H,1-2H3,(H,26,29). The van der Waals surface area contributed by atoms with Gasteiger partial charge in [-0.1, -0.05) is 0 Å². The molecule has 0 unspecified atom stereocenters. The minimum atomic E-state index is -4.70. The number of nitrogens with one attached hydrogen (secondary N) is 1. The number of benzene rings is 2. The Bertz CT molecular complexity index is 1190. The Morgan fingerprint density at radius 2 is 1.71 bits per heavy atom. The fraction of sp³-hybridized carbons (Fsp3) is 0.143. The molecule has 0 fully saturated rings. The van der Waals surface area contributed by atoms with E-state index in [1.165, 1.54) is 37.1 Å². The second-order valence-corrected chi connectivity index (χ2v) is 6.42. The molecular weight excluding hydrogens is 420 g/mol. The van der Waals surface area contributed by atoms with Gasteiger partial charge in [0.1, 0.15) is 11.6 Å². The van der Waals surface area contributed by atoms with Crippen molar-refractivity contribution in [3.63, 3.8) is 0 Å². The summed E-state index contributed by atoms with van der Waals surface area (Å²) in [6.07, 6.45) is -3.31. The SMILES string of the molecule is COc1cc(F)ccc1Oc1ccc(C(F)(F)F)cc1C(=O)Nc1ccn(C)c(=O)c1. The molecule has 0 saturated carbocycles. The van der Waals surface area contributed by atoms with E-state index >= 15 is 0 Å². The van der Waals surface area contributed by atoms with E-state index in [0.29, 0.717) is 6.07 Å². The summed E-state index contributed by atoms with van der Waals surface area (Å²) in [5, 5.41) is 2.38. The van der Waals surface area contributed by atoms with Crippen molar-refractivity contribution in [2.45, 2.75) is 6.18 Å². The van der Waals surface area contributed by atoms with Gasteiger partial charge in [-0.3, -0.25) is 9.59 Å². The van der Waals surface area contributed by atoms with Crippen LogP contribution in [0.15, 0.2) is 59.5 Å². The minimum absolute atomic E-state index is 0.00807. The fourth-order valence-corrected chi connectivity index (χ4v) is 2.64. The number of carbonyl (C=O) groups excluding carboxylic acids is 1. The molecule has 6 nitrogen and oxygen atoms in total. The van der Waals surface area contributed by atoms with Crippen molar-refractivity contribution < 1.29 is 31.8 Å². The molecule has 0 atom stereocenters. The number of halogens is 4. The first-order valence-corrected chi connectivity index (χ1v) is 8.79. The maximum Gasteiger partial charge on any atom is 0.416 e. The zero-order chi connectivity index (χ0) is 22.8. The molecule has 1 heterocycles. The van der Waals surface area contributed by atoms with Gasteiger partial charge in [0.25, 0.3) is 11.5 Å². The molecule has 31 heavy (non-hydrogen) atoms. The van der Waals surface area contributed by atoms with Crippen LogP contribution in [0.2, 0.25) is 0 Å². The highest BCUT2D eigenvalue weighted by Gasteiger charge is 2.32. The highest BCUT2D eigenvalue weighted by molar-refractivity contribution is 6.06. The number of pyridine rings is 1. The highest BCUT2D eigenvalue weighted by atomic mass is 19.4. The monoisotopic (exact) mass is 436 g/mol. The lowest BCUT2D eigenvalue weighted by Crippen LogP contribution is -2.19. The van der Waals surface area contributed by atoms with Crippen LogP contribution in [0.3, 0.4) is 0 Å². The van der Waals surface area contributed by atoms with Gasteiger partial charge < -0.3 is 19.4 Å². The minimum Gasteiger partial charge on any atom is -0.493 e. The van der Waals surface area contributed by atoms with E-state index in [2.05, 4.69) is 5.32 Å². The number of nitrogens with zero attached hydrogens (tertiary/aromatic N) is 1. The van der Waals surface area contributed by atoms with Crippen LogP contribution in [0.5, 0.6) is 17.2 Å². The Morgan fingerprint density at radius 1 is 1.00 bits per heavy atom. The zero-order valence-corrected chi connectivity index (χ0v) is 16.3. The smallest absolute Gasteiger partial charge is 0.416 e. The molecule has 0 aliphatic heterocycles. The van der Waals surface area contributed by atoms with E-state index < -0.39 is 34.6 Å². The molecule has 3 aromatic rings. The van der Waals surface area contributed by atoms with Crippen LogP contribution in [-0.2, 0) is 13.2 Å². The highest BCUT2D eigenvalue weighted by Crippen LogP contribution is 2.37. The summed E-state index contributed by atoms with van der Waals surface area (Å²) in [7, 11) is 2.76. The van der Waals surface area contributed by atoms with Crippen molar-refractivity contribution in [2.24, 2.45) is 7.05 Å². The first kappa shape index (κ1) is 21.9. The van der Waals surface area contributed by atoms with Crippen LogP contribution < -0.4 is 20.3 Å². The van der Waals surface area contributed by atoms with E-state index in [4.69, 9.17) is 9.47 Å². The third kappa shape index (κ3) is 5.03. The lowest BCUT2D eigenvalue weighted by molar-refractivity contribution is -0.137. The molecule has 0 aliphatic carbocycles. The van der Waals surface area contributed by atoms with Crippen molar-refractivity contribution in [3.05, 3.63) is 82.0 Å². The van der Waals surface area contributed by atoms with E-state index in [9.17, 15) is 27.2 Å². The van der Waals surface area contributed by atoms with Crippen molar-refractivity contribution in [3.8, 4) is 17.2 Å². The summed E-state index contributed by atoms with van der Waals surface area (Å²) in [6, 6.07) is 8.20. The third-order valence-corrected chi connectivity index (χ3v) is 4.26. The number of ether oxygens (including phenoxy) is 2. The molecule has 1 N–H and O–H groups in total. The van der Waals surface area contributed by atoms with Gasteiger partial charge in [0, 0.05) is 31.1 Å². The van der Waals surface area contributed by atoms with E-state index in [1.54, 1.807) is 0 Å². The fourth-order valence-electron chi connectivity index (χ4n) is 2.64. The molecule has 1 amide bonds. The summed E-state index contributed by atoms with van der Waals surface area (Å²) in [4.78, 5) is 24.5. The normalized spacial score (nSPS) is 11.2. The molecule has 3 rings (SSSR count). The summed E-state index contributed by atoms with van der Waals surface area (Å²) >= 11 is 0. The molecule has 0 radical (unpaired) electrons. The van der Waals surface area contributed by atoms with Crippen LogP contribution in [0.1, 0.15) is 15.9 Å². The first-order chi connectivity index (χ1) is 14.6. The predicted molar refractivity (Wildman–Crippen MR) is 104 cm³/mol. The molecule has 2 aromatic carbocycles. The van der Waals surface area contributed by atoms with E-state index in [0.717, 1.165) is 30.3 Å². The van der Waals surface area contributed by atoms with Gasteiger partial charge in [0.2, 0.25) is 0 Å². The topological polar surface area (TPSA) is 69.6 Å². The molecule has 0 spiro atoms. The summed E-state index contributed by atoms with van der Waals surface area (Å²) < 4.78 is 64.9. The third-order valence-electron chi connectivity index (χ3n) is 4.26. The lowest BCUT2D eigenvalue weighted by Gasteiger charge is -2.16. The largest absolute Gasteiger partial charge is 0.493 e. The number of rotatable bonds is 5. The zero-order valence-electron chi connectivity index (χ0n) is 16.3. The molecule has 1 aromatic heterocycles. The second-order valence-electron chi connectivity index (χ2n) is 6.42. The number of carbonyl (C=O) groups is 1. The van der Waals surface area contributed by atoms with Gasteiger partial charge in [0.05, 0.1) is 18.2 Å². The Kier molecular flexibility index (Phi) is 6.00. The van der Waals surface area contributed by atoms with Gasteiger partial charge in [-0.05, 0) is 36.4 Å². The number of aryl methyl sites for hydroxylation is 1. The number of hydrogen-bond acceptors (Lipinski definition) is 4. The lowest BCUT2D eigenvalue weighted by atomic mass is 10.1. The van der Waals surface area contributed by atoms with Gasteiger partial charge in [-0.15, -0.1) is 0 Å². The molecule has 0 aliphatic rings. The number of methoxy groups -OCH3 is 1. The van der Waals surface area contributed by atoms with E-state index in [-0.39, 0.29) is 22.9 Å². The average molecular weight is 436 g/mol. The van der Waals surface area contributed by atoms with Crippen molar-refractivity contribution in [1.29, 1.82) is 0 Å². The van der Waals surface area contributed by atoms with Crippen LogP contribution in [-0.4, -0.2) is 17.6 Å². The van der Waals surface area contributed by atoms with Crippen LogP contribution >= 0.6 is 0 Å². The summed E-state index contributed by atoms with van der Waals surface area (Å²) in [5.74, 6) is -1.79. The number of alkyl halides is 3. The Morgan fingerprint density at radius 3 is 2.35 bits per heavy atom. The molecule has 10 heteroatoms. The average Bonchev–Trinajstić information content (AvgIpc) is 2.71. The van der Waals surface area contributed by atoms with Crippen molar-refractivity contribution >= 4 is 11.6 Å². The second kappa shape index (κ2) is 8.50. The predicted octanol–water partition coefficient (Wildman–Crippen LogP) is 4.60. The number of aromatic nitrogens is 1. The Hall–Kier alpha value is -3.82. The first-order valence-electron chi connectivity index (χ1n) is 8.79. The Labute approximate surface area is 173 Å². The van der Waals surface area contributed by atoms with Gasteiger partial charge in [-0.25, -0.2) is 4.39 Å². The maximum atomic E-state index is 13.4. The maximum absolute atomic E-state index is 13.4. The quantitative estimate of drug-likeness (QED) is 0.594. The number of hydrogen-bond donors (Lipinski definition) is 1. The number of amides is 1. The molecule has 162 valence electrons. The Balaban J connectivity index is 2.02. The van der Waals surface area contributed by atoms with Crippen molar-refractivity contribution in [2.75, 3.05) is 12.4 Å². The van der Waals surface area contributed by atoms with Crippen LogP contribution in [0.25, 0.3) is 0 Å².